The summed E-state index contributed by atoms with van der Waals surface area (Å²) in [5, 5.41) is 4.17. The summed E-state index contributed by atoms with van der Waals surface area (Å²) in [6.07, 6.45) is 3.49. The number of hydrogen-bond donors (Lipinski definition) is 1. The molecule has 0 saturated heterocycles. The molecule has 20 heavy (non-hydrogen) atoms. The Hall–Kier alpha value is -0.480. The number of carbonyl (C=O) groups is 1. The number of benzene rings is 1. The Morgan fingerprint density at radius 3 is 3.00 bits per heavy atom. The Labute approximate surface area is 134 Å². The lowest BCUT2D eigenvalue weighted by atomic mass is 9.98. The molecule has 0 aliphatic carbocycles. The molecule has 1 heterocycles. The van der Waals surface area contributed by atoms with Crippen molar-refractivity contribution in [2.24, 2.45) is 5.92 Å². The van der Waals surface area contributed by atoms with Gasteiger partial charge in [-0.1, -0.05) is 47.5 Å². The number of rotatable bonds is 7. The molecule has 2 nitrogen and oxygen atoms in total. The van der Waals surface area contributed by atoms with Gasteiger partial charge >= 0.3 is 0 Å². The van der Waals surface area contributed by atoms with Crippen molar-refractivity contribution in [1.82, 2.24) is 5.32 Å². The molecule has 0 bridgehead atoms. The Morgan fingerprint density at radius 1 is 1.45 bits per heavy atom. The van der Waals surface area contributed by atoms with Crippen LogP contribution in [-0.2, 0) is 4.79 Å². The highest BCUT2D eigenvalue weighted by atomic mass is 79.9. The molecule has 2 rings (SSSR count). The molecule has 2 unspecified atom stereocenters. The average Bonchev–Trinajstić information content (AvgIpc) is 2.89. The van der Waals surface area contributed by atoms with Gasteiger partial charge in [0.1, 0.15) is 0 Å². The van der Waals surface area contributed by atoms with Gasteiger partial charge in [-0.3, -0.25) is 4.79 Å². The molecular weight excluding hydrogens is 334 g/mol. The van der Waals surface area contributed by atoms with Crippen molar-refractivity contribution in [1.29, 1.82) is 0 Å². The fourth-order valence-corrected chi connectivity index (χ4v) is 4.54. The monoisotopic (exact) mass is 355 g/mol. The summed E-state index contributed by atoms with van der Waals surface area (Å²) in [6, 6.07) is 8.26. The van der Waals surface area contributed by atoms with E-state index < -0.39 is 0 Å². The van der Waals surface area contributed by atoms with Crippen LogP contribution in [0.5, 0.6) is 0 Å². The number of alkyl halides is 1. The Kier molecular flexibility index (Phi) is 6.43. The first kappa shape index (κ1) is 15.9. The minimum atomic E-state index is 0.0300. The molecule has 1 aromatic carbocycles. The van der Waals surface area contributed by atoms with Gasteiger partial charge in [0, 0.05) is 22.5 Å². The largest absolute Gasteiger partial charge is 0.355 e. The first-order valence-electron chi connectivity index (χ1n) is 7.31. The van der Waals surface area contributed by atoms with Crippen molar-refractivity contribution < 1.29 is 4.79 Å². The lowest BCUT2D eigenvalue weighted by Crippen LogP contribution is -2.33. The number of carbonyl (C=O) groups excluding carboxylic acids is 1. The number of nitrogens with one attached hydrogen (secondary N) is 1. The molecule has 1 N–H and O–H groups in total. The van der Waals surface area contributed by atoms with Gasteiger partial charge in [0.15, 0.2) is 0 Å². The Bertz CT molecular complexity index is 446. The van der Waals surface area contributed by atoms with E-state index in [9.17, 15) is 4.79 Å². The number of thioether (sulfide) groups is 1. The van der Waals surface area contributed by atoms with E-state index in [0.29, 0.717) is 5.92 Å². The van der Waals surface area contributed by atoms with Gasteiger partial charge in [0.2, 0.25) is 5.91 Å². The quantitative estimate of drug-likeness (QED) is 0.742. The summed E-state index contributed by atoms with van der Waals surface area (Å²) in [5.41, 5.74) is 1.20. The molecule has 1 aromatic rings. The van der Waals surface area contributed by atoms with Gasteiger partial charge in [-0.2, -0.15) is 0 Å². The summed E-state index contributed by atoms with van der Waals surface area (Å²) in [6.45, 7) is 3.01. The molecule has 1 aliphatic rings. The number of hydrogen-bond acceptors (Lipinski definition) is 2. The van der Waals surface area contributed by atoms with Crippen LogP contribution in [0.4, 0.5) is 0 Å². The summed E-state index contributed by atoms with van der Waals surface area (Å²) in [4.78, 5) is 13.6. The minimum absolute atomic E-state index is 0.0300. The summed E-state index contributed by atoms with van der Waals surface area (Å²) in [5.74, 6) is 1.69. The van der Waals surface area contributed by atoms with E-state index in [4.69, 9.17) is 0 Å². The molecule has 0 radical (unpaired) electrons. The molecular formula is C16H22BrNOS. The van der Waals surface area contributed by atoms with Crippen LogP contribution < -0.4 is 5.32 Å². The molecule has 110 valence electrons. The molecule has 0 fully saturated rings. The number of fused-ring (bicyclic) bond motifs is 1. The van der Waals surface area contributed by atoms with E-state index in [1.54, 1.807) is 11.8 Å². The van der Waals surface area contributed by atoms with Crippen LogP contribution in [0.15, 0.2) is 29.2 Å². The number of halogens is 1. The van der Waals surface area contributed by atoms with Crippen molar-refractivity contribution >= 4 is 33.6 Å². The third-order valence-corrected chi connectivity index (χ3v) is 5.44. The second-order valence-corrected chi connectivity index (χ2v) is 7.13. The van der Waals surface area contributed by atoms with Crippen LogP contribution in [0.2, 0.25) is 0 Å². The minimum Gasteiger partial charge on any atom is -0.355 e. The van der Waals surface area contributed by atoms with E-state index in [0.717, 1.165) is 24.0 Å². The van der Waals surface area contributed by atoms with E-state index in [1.165, 1.54) is 23.3 Å². The predicted octanol–water partition coefficient (Wildman–Crippen LogP) is 4.19. The van der Waals surface area contributed by atoms with Gasteiger partial charge in [-0.15, -0.1) is 11.8 Å². The van der Waals surface area contributed by atoms with Crippen LogP contribution in [0.3, 0.4) is 0 Å². The third-order valence-electron chi connectivity index (χ3n) is 3.80. The standard InChI is InChI=1S/C16H22BrNOS/c1-2-5-12(8-9-17)10-18-16(19)14-11-20-15-7-4-3-6-13(14)15/h3-4,6-7,12,14H,2,5,8-11H2,1H3,(H,18,19). The van der Waals surface area contributed by atoms with Gasteiger partial charge < -0.3 is 5.32 Å². The van der Waals surface area contributed by atoms with Crippen molar-refractivity contribution in [3.63, 3.8) is 0 Å². The molecule has 4 heteroatoms. The van der Waals surface area contributed by atoms with Crippen LogP contribution in [0, 0.1) is 5.92 Å². The van der Waals surface area contributed by atoms with E-state index in [-0.39, 0.29) is 11.8 Å². The smallest absolute Gasteiger partial charge is 0.228 e. The van der Waals surface area contributed by atoms with Gasteiger partial charge in [0.25, 0.3) is 0 Å². The van der Waals surface area contributed by atoms with Crippen molar-refractivity contribution in [2.45, 2.75) is 37.0 Å². The SMILES string of the molecule is CCCC(CCBr)CNC(=O)C1CSc2ccccc21. The first-order chi connectivity index (χ1) is 9.76. The third kappa shape index (κ3) is 4.01. The maximum absolute atomic E-state index is 12.4. The van der Waals surface area contributed by atoms with E-state index in [2.05, 4.69) is 40.3 Å². The summed E-state index contributed by atoms with van der Waals surface area (Å²) in [7, 11) is 0. The molecule has 0 spiro atoms. The lowest BCUT2D eigenvalue weighted by Gasteiger charge is -2.18. The molecule has 0 saturated carbocycles. The topological polar surface area (TPSA) is 29.1 Å². The molecule has 1 aliphatic heterocycles. The van der Waals surface area contributed by atoms with Gasteiger partial charge in [-0.25, -0.2) is 0 Å². The summed E-state index contributed by atoms with van der Waals surface area (Å²) < 4.78 is 0. The fraction of sp³-hybridized carbons (Fsp3) is 0.562. The van der Waals surface area contributed by atoms with E-state index >= 15 is 0 Å². The normalized spacial score (nSPS) is 18.6. The van der Waals surface area contributed by atoms with Crippen LogP contribution in [-0.4, -0.2) is 23.5 Å². The zero-order valence-corrected chi connectivity index (χ0v) is 14.3. The molecule has 1 amide bonds. The van der Waals surface area contributed by atoms with Crippen molar-refractivity contribution in [2.75, 3.05) is 17.6 Å². The van der Waals surface area contributed by atoms with Gasteiger partial charge in [-0.05, 0) is 30.4 Å². The van der Waals surface area contributed by atoms with Crippen molar-refractivity contribution in [3.05, 3.63) is 29.8 Å². The highest BCUT2D eigenvalue weighted by Gasteiger charge is 2.28. The van der Waals surface area contributed by atoms with Crippen LogP contribution in [0.25, 0.3) is 0 Å². The van der Waals surface area contributed by atoms with Gasteiger partial charge in [0.05, 0.1) is 5.92 Å². The first-order valence-corrected chi connectivity index (χ1v) is 9.42. The zero-order valence-electron chi connectivity index (χ0n) is 11.9. The maximum Gasteiger partial charge on any atom is 0.228 e. The lowest BCUT2D eigenvalue weighted by molar-refractivity contribution is -0.122. The molecule has 0 aromatic heterocycles. The fourth-order valence-electron chi connectivity index (χ4n) is 2.66. The second-order valence-electron chi connectivity index (χ2n) is 5.28. The van der Waals surface area contributed by atoms with E-state index in [1.807, 2.05) is 12.1 Å². The highest BCUT2D eigenvalue weighted by Crippen LogP contribution is 2.39. The Balaban J connectivity index is 1.89. The Morgan fingerprint density at radius 2 is 2.25 bits per heavy atom. The van der Waals surface area contributed by atoms with Crippen molar-refractivity contribution in [3.8, 4) is 0 Å². The number of amides is 1. The average molecular weight is 356 g/mol. The van der Waals surface area contributed by atoms with Crippen LogP contribution >= 0.6 is 27.7 Å². The van der Waals surface area contributed by atoms with Crippen LogP contribution in [0.1, 0.15) is 37.7 Å². The second kappa shape index (κ2) is 8.08. The highest BCUT2D eigenvalue weighted by molar-refractivity contribution is 9.09. The molecule has 2 atom stereocenters. The summed E-state index contributed by atoms with van der Waals surface area (Å²) >= 11 is 5.29. The predicted molar refractivity (Wildman–Crippen MR) is 89.7 cm³/mol. The maximum atomic E-state index is 12.4. The zero-order chi connectivity index (χ0) is 14.4.